The van der Waals surface area contributed by atoms with E-state index in [0.29, 0.717) is 16.8 Å². The van der Waals surface area contributed by atoms with E-state index in [4.69, 9.17) is 0 Å². The molecule has 2 aromatic carbocycles. The smallest absolute Gasteiger partial charge is 0.406 e. The Morgan fingerprint density at radius 3 is 2.49 bits per heavy atom. The van der Waals surface area contributed by atoms with Crippen LogP contribution in [0.15, 0.2) is 48.5 Å². The van der Waals surface area contributed by atoms with Crippen molar-refractivity contribution < 1.29 is 27.9 Å². The van der Waals surface area contributed by atoms with Gasteiger partial charge in [-0.15, -0.1) is 13.2 Å². The lowest BCUT2D eigenvalue weighted by Crippen LogP contribution is -2.30. The molecule has 3 aromatic rings. The normalized spacial score (nSPS) is 12.3. The number of hydrogen-bond donors (Lipinski definition) is 3. The first-order valence-electron chi connectivity index (χ1n) is 10.6. The molecule has 0 saturated carbocycles. The molecule has 3 N–H and O–H groups in total. The summed E-state index contributed by atoms with van der Waals surface area (Å²) >= 11 is 0. The number of nitrogens with zero attached hydrogens (tertiary/aromatic N) is 3. The summed E-state index contributed by atoms with van der Waals surface area (Å²) in [6, 6.07) is 11.0. The molecule has 1 atom stereocenters. The van der Waals surface area contributed by atoms with Crippen molar-refractivity contribution in [1.82, 2.24) is 9.97 Å². The summed E-state index contributed by atoms with van der Waals surface area (Å²) in [5, 5.41) is 27.0. The first kappa shape index (κ1) is 25.7. The topological polar surface area (TPSA) is 122 Å². The van der Waals surface area contributed by atoms with E-state index in [2.05, 4.69) is 25.3 Å². The maximum absolute atomic E-state index is 12.7. The van der Waals surface area contributed by atoms with Crippen molar-refractivity contribution in [3.05, 3.63) is 64.2 Å². The molecule has 0 fully saturated rings. The molecule has 1 aromatic heterocycles. The van der Waals surface area contributed by atoms with Gasteiger partial charge in [0.15, 0.2) is 0 Å². The third-order valence-electron chi connectivity index (χ3n) is 5.17. The summed E-state index contributed by atoms with van der Waals surface area (Å²) in [5.41, 5.74) is 1.30. The monoisotopic (exact) mass is 491 g/mol. The quantitative estimate of drug-likeness (QED) is 0.267. The molecule has 0 amide bonds. The minimum absolute atomic E-state index is 0.0196. The molecule has 35 heavy (non-hydrogen) atoms. The van der Waals surface area contributed by atoms with Crippen LogP contribution in [0.25, 0.3) is 11.3 Å². The Bertz CT molecular complexity index is 1200. The number of benzene rings is 2. The predicted molar refractivity (Wildman–Crippen MR) is 125 cm³/mol. The average Bonchev–Trinajstić information content (AvgIpc) is 2.77. The lowest BCUT2D eigenvalue weighted by Gasteiger charge is -2.21. The molecule has 9 nitrogen and oxygen atoms in total. The van der Waals surface area contributed by atoms with Crippen molar-refractivity contribution in [3.63, 3.8) is 0 Å². The summed E-state index contributed by atoms with van der Waals surface area (Å²) in [6.07, 6.45) is -4.85. The summed E-state index contributed by atoms with van der Waals surface area (Å²) < 4.78 is 42.1. The third kappa shape index (κ3) is 6.79. The highest BCUT2D eigenvalue weighted by Gasteiger charge is 2.31. The molecule has 0 aliphatic heterocycles. The Balaban J connectivity index is 2.06. The van der Waals surface area contributed by atoms with E-state index < -0.39 is 23.1 Å². The number of ether oxygens (including phenoxy) is 1. The van der Waals surface area contributed by atoms with Gasteiger partial charge in [0.05, 0.1) is 28.8 Å². The lowest BCUT2D eigenvalue weighted by atomic mass is 10.1. The summed E-state index contributed by atoms with van der Waals surface area (Å²) in [7, 11) is 0. The van der Waals surface area contributed by atoms with Crippen LogP contribution in [0.5, 0.6) is 5.75 Å². The first-order chi connectivity index (χ1) is 16.5. The van der Waals surface area contributed by atoms with E-state index in [1.807, 2.05) is 13.8 Å². The Morgan fingerprint density at radius 2 is 1.86 bits per heavy atom. The highest BCUT2D eigenvalue weighted by atomic mass is 19.4. The highest BCUT2D eigenvalue weighted by molar-refractivity contribution is 5.71. The lowest BCUT2D eigenvalue weighted by molar-refractivity contribution is -0.385. The van der Waals surface area contributed by atoms with Gasteiger partial charge in [-0.25, -0.2) is 4.98 Å². The van der Waals surface area contributed by atoms with Gasteiger partial charge < -0.3 is 20.5 Å². The third-order valence-corrected chi connectivity index (χ3v) is 5.17. The second-order valence-corrected chi connectivity index (χ2v) is 8.05. The molecule has 0 aliphatic rings. The van der Waals surface area contributed by atoms with Crippen LogP contribution >= 0.6 is 0 Å². The summed E-state index contributed by atoms with van der Waals surface area (Å²) in [4.78, 5) is 19.6. The number of nitro groups is 1. The maximum atomic E-state index is 12.7. The van der Waals surface area contributed by atoms with Gasteiger partial charge in [0.2, 0.25) is 5.95 Å². The number of hydrogen-bond acceptors (Lipinski definition) is 8. The van der Waals surface area contributed by atoms with Gasteiger partial charge in [-0.2, -0.15) is 4.98 Å². The molecule has 0 spiro atoms. The zero-order valence-electron chi connectivity index (χ0n) is 19.1. The number of aromatic nitrogens is 2. The number of alkyl halides is 3. The number of aliphatic hydroxyl groups excluding tert-OH is 1. The highest BCUT2D eigenvalue weighted by Crippen LogP contribution is 2.31. The van der Waals surface area contributed by atoms with Gasteiger partial charge in [-0.05, 0) is 31.0 Å². The zero-order chi connectivity index (χ0) is 25.8. The van der Waals surface area contributed by atoms with Crippen molar-refractivity contribution in [2.24, 2.45) is 5.92 Å². The van der Waals surface area contributed by atoms with Gasteiger partial charge in [0.1, 0.15) is 11.6 Å². The van der Waals surface area contributed by atoms with Gasteiger partial charge >= 0.3 is 6.36 Å². The number of nitrogens with one attached hydrogen (secondary N) is 2. The average molecular weight is 491 g/mol. The van der Waals surface area contributed by atoms with Crippen LogP contribution in [0.4, 0.5) is 36.3 Å². The zero-order valence-corrected chi connectivity index (χ0v) is 19.1. The fourth-order valence-corrected chi connectivity index (χ4v) is 3.26. The van der Waals surface area contributed by atoms with E-state index in [9.17, 15) is 28.4 Å². The fourth-order valence-electron chi connectivity index (χ4n) is 3.26. The SMILES string of the molecule is Cc1c(Nc2cc(-c3cccc(OC(F)(F)F)c3)nc(N[C@@H](CO)C(C)C)n2)cccc1[N+](=O)[O-]. The summed E-state index contributed by atoms with van der Waals surface area (Å²) in [6.45, 7) is 5.16. The van der Waals surface area contributed by atoms with Crippen LogP contribution in [0, 0.1) is 23.0 Å². The van der Waals surface area contributed by atoms with Crippen molar-refractivity contribution in [3.8, 4) is 17.0 Å². The van der Waals surface area contributed by atoms with Gasteiger partial charge in [-0.3, -0.25) is 10.1 Å². The molecule has 1 heterocycles. The van der Waals surface area contributed by atoms with Crippen molar-refractivity contribution in [2.45, 2.75) is 33.2 Å². The molecule has 12 heteroatoms. The van der Waals surface area contributed by atoms with Crippen LogP contribution in [-0.2, 0) is 0 Å². The second-order valence-electron chi connectivity index (χ2n) is 8.05. The Kier molecular flexibility index (Phi) is 7.75. The predicted octanol–water partition coefficient (Wildman–Crippen LogP) is 5.43. The van der Waals surface area contributed by atoms with Crippen molar-refractivity contribution in [2.75, 3.05) is 17.2 Å². The Labute approximate surface area is 199 Å². The largest absolute Gasteiger partial charge is 0.573 e. The Hall–Kier alpha value is -3.93. The second kappa shape index (κ2) is 10.6. The molecule has 0 radical (unpaired) electrons. The molecule has 0 bridgehead atoms. The molecular weight excluding hydrogens is 467 g/mol. The van der Waals surface area contributed by atoms with Crippen molar-refractivity contribution >= 4 is 23.1 Å². The molecule has 0 saturated heterocycles. The number of anilines is 3. The Morgan fingerprint density at radius 1 is 1.14 bits per heavy atom. The van der Waals surface area contributed by atoms with Crippen LogP contribution in [0.2, 0.25) is 0 Å². The van der Waals surface area contributed by atoms with Gasteiger partial charge in [0.25, 0.3) is 5.69 Å². The van der Waals surface area contributed by atoms with Crippen molar-refractivity contribution in [1.29, 1.82) is 0 Å². The number of rotatable bonds is 9. The minimum atomic E-state index is -4.85. The summed E-state index contributed by atoms with van der Waals surface area (Å²) in [5.74, 6) is -0.0413. The van der Waals surface area contributed by atoms with Crippen LogP contribution in [0.3, 0.4) is 0 Å². The number of nitro benzene ring substituents is 1. The van der Waals surface area contributed by atoms with E-state index >= 15 is 0 Å². The van der Waals surface area contributed by atoms with Crippen LogP contribution in [-0.4, -0.2) is 39.0 Å². The molecule has 0 aliphatic carbocycles. The van der Waals surface area contributed by atoms with E-state index in [1.165, 1.54) is 36.4 Å². The molecule has 0 unspecified atom stereocenters. The molecule has 186 valence electrons. The molecular formula is C23H24F3N5O4. The van der Waals surface area contributed by atoms with Gasteiger partial charge in [-0.1, -0.05) is 32.0 Å². The number of aliphatic hydroxyl groups is 1. The van der Waals surface area contributed by atoms with E-state index in [1.54, 1.807) is 19.1 Å². The minimum Gasteiger partial charge on any atom is -0.406 e. The van der Waals surface area contributed by atoms with Gasteiger partial charge in [0, 0.05) is 23.4 Å². The van der Waals surface area contributed by atoms with E-state index in [0.717, 1.165) is 0 Å². The van der Waals surface area contributed by atoms with E-state index in [-0.39, 0.29) is 35.7 Å². The van der Waals surface area contributed by atoms with Crippen LogP contribution in [0.1, 0.15) is 19.4 Å². The maximum Gasteiger partial charge on any atom is 0.573 e. The van der Waals surface area contributed by atoms with Crippen LogP contribution < -0.4 is 15.4 Å². The first-order valence-corrected chi connectivity index (χ1v) is 10.6. The standard InChI is InChI=1S/C23H24F3N5O4/c1-13(2)19(12-32)29-22-28-18(15-6-4-7-16(10-15)35-23(24,25)26)11-21(30-22)27-17-8-5-9-20(14(17)3)31(33)34/h4-11,13,19,32H,12H2,1-3H3,(H2,27,28,29,30)/t19-/m0/s1. The molecule has 3 rings (SSSR count). The number of halogens is 3. The fraction of sp³-hybridized carbons (Fsp3) is 0.304.